The molecule has 0 amide bonds. The molecule has 1 heterocycles. The summed E-state index contributed by atoms with van der Waals surface area (Å²) in [5.41, 5.74) is 1.62. The van der Waals surface area contributed by atoms with Gasteiger partial charge in [0.1, 0.15) is 0 Å². The summed E-state index contributed by atoms with van der Waals surface area (Å²) in [6, 6.07) is 8.76. The second-order valence-electron chi connectivity index (χ2n) is 5.73. The Morgan fingerprint density at radius 3 is 2.59 bits per heavy atom. The molecule has 0 saturated carbocycles. The average Bonchev–Trinajstić information content (AvgIpc) is 2.63. The highest BCUT2D eigenvalue weighted by Gasteiger charge is 2.10. The number of ether oxygens (including phenoxy) is 1. The Hall–Kier alpha value is -2.02. The molecule has 6 nitrogen and oxygen atoms in total. The van der Waals surface area contributed by atoms with E-state index in [1.54, 1.807) is 24.4 Å². The van der Waals surface area contributed by atoms with Crippen LogP contribution in [0.25, 0.3) is 0 Å². The van der Waals surface area contributed by atoms with E-state index in [4.69, 9.17) is 27.9 Å². The van der Waals surface area contributed by atoms with Crippen molar-refractivity contribution >= 4 is 29.2 Å². The Labute approximate surface area is 169 Å². The Morgan fingerprint density at radius 2 is 1.93 bits per heavy atom. The first-order valence-electron chi connectivity index (χ1n) is 8.75. The van der Waals surface area contributed by atoms with Crippen LogP contribution in [0.5, 0.6) is 5.88 Å². The van der Waals surface area contributed by atoms with E-state index in [1.165, 1.54) is 0 Å². The number of halogens is 2. The minimum absolute atomic E-state index is 0.267. The molecule has 3 N–H and O–H groups in total. The van der Waals surface area contributed by atoms with E-state index in [0.29, 0.717) is 47.1 Å². The molecule has 2 aromatic rings. The van der Waals surface area contributed by atoms with Crippen molar-refractivity contribution in [2.24, 2.45) is 4.99 Å². The third kappa shape index (κ3) is 7.25. The Kier molecular flexibility index (Phi) is 8.64. The van der Waals surface area contributed by atoms with Gasteiger partial charge in [-0.3, -0.25) is 0 Å². The number of aliphatic imine (C=N–C) groups is 1. The number of aliphatic hydroxyl groups is 1. The normalized spacial score (nSPS) is 12.6. The Balaban J connectivity index is 1.99. The van der Waals surface area contributed by atoms with Crippen LogP contribution < -0.4 is 15.4 Å². The van der Waals surface area contributed by atoms with Crippen LogP contribution in [0.4, 0.5) is 0 Å². The molecule has 1 unspecified atom stereocenters. The number of nitrogens with zero attached hydrogens (tertiary/aromatic N) is 2. The lowest BCUT2D eigenvalue weighted by Crippen LogP contribution is -2.39. The number of pyridine rings is 1. The summed E-state index contributed by atoms with van der Waals surface area (Å²) < 4.78 is 5.40. The van der Waals surface area contributed by atoms with Crippen molar-refractivity contribution in [3.05, 3.63) is 57.7 Å². The Morgan fingerprint density at radius 1 is 1.19 bits per heavy atom. The van der Waals surface area contributed by atoms with Crippen LogP contribution in [-0.4, -0.2) is 35.7 Å². The van der Waals surface area contributed by atoms with Crippen molar-refractivity contribution in [1.29, 1.82) is 0 Å². The summed E-state index contributed by atoms with van der Waals surface area (Å²) >= 11 is 12.0. The van der Waals surface area contributed by atoms with Crippen LogP contribution >= 0.6 is 23.2 Å². The van der Waals surface area contributed by atoms with Gasteiger partial charge >= 0.3 is 0 Å². The molecule has 1 aromatic heterocycles. The topological polar surface area (TPSA) is 78.8 Å². The van der Waals surface area contributed by atoms with Crippen LogP contribution in [0, 0.1) is 0 Å². The number of hydrogen-bond acceptors (Lipinski definition) is 4. The van der Waals surface area contributed by atoms with Gasteiger partial charge in [-0.25, -0.2) is 9.98 Å². The summed E-state index contributed by atoms with van der Waals surface area (Å²) in [4.78, 5) is 8.68. The van der Waals surface area contributed by atoms with Gasteiger partial charge in [-0.1, -0.05) is 23.2 Å². The van der Waals surface area contributed by atoms with Crippen LogP contribution in [0.2, 0.25) is 10.0 Å². The molecular weight excluding hydrogens is 387 g/mol. The summed E-state index contributed by atoms with van der Waals surface area (Å²) in [5, 5.41) is 17.6. The second kappa shape index (κ2) is 11.0. The summed E-state index contributed by atoms with van der Waals surface area (Å²) in [7, 11) is 0. The lowest BCUT2D eigenvalue weighted by Gasteiger charge is -2.16. The highest BCUT2D eigenvalue weighted by molar-refractivity contribution is 6.34. The fourth-order valence-corrected chi connectivity index (χ4v) is 2.91. The fraction of sp³-hybridized carbons (Fsp3) is 0.368. The minimum Gasteiger partial charge on any atom is -0.478 e. The summed E-state index contributed by atoms with van der Waals surface area (Å²) in [5.74, 6) is 1.18. The zero-order valence-corrected chi connectivity index (χ0v) is 16.9. The van der Waals surface area contributed by atoms with Gasteiger partial charge in [0.05, 0.1) is 19.3 Å². The quantitative estimate of drug-likeness (QED) is 0.457. The molecule has 0 aliphatic rings. The number of rotatable bonds is 8. The average molecular weight is 411 g/mol. The maximum Gasteiger partial charge on any atom is 0.213 e. The van der Waals surface area contributed by atoms with Gasteiger partial charge in [-0.2, -0.15) is 0 Å². The third-order valence-corrected chi connectivity index (χ3v) is 4.02. The predicted molar refractivity (Wildman–Crippen MR) is 110 cm³/mol. The molecule has 1 aromatic carbocycles. The minimum atomic E-state index is -0.768. The summed E-state index contributed by atoms with van der Waals surface area (Å²) in [6.45, 7) is 5.88. The number of benzene rings is 1. The molecule has 1 atom stereocenters. The molecular formula is C19H24Cl2N4O2. The largest absolute Gasteiger partial charge is 0.478 e. The van der Waals surface area contributed by atoms with Crippen molar-refractivity contribution in [3.63, 3.8) is 0 Å². The standard InChI is InChI=1S/C19H24Cl2N4O2/c1-3-22-19(24-11-13-5-6-23-18(7-13)27-4-2)25-12-17(26)14-8-15(20)10-16(21)9-14/h5-10,17,26H,3-4,11-12H2,1-2H3,(H2,22,24,25). The van der Waals surface area contributed by atoms with E-state index in [1.807, 2.05) is 26.0 Å². The summed E-state index contributed by atoms with van der Waals surface area (Å²) in [6.07, 6.45) is 0.929. The van der Waals surface area contributed by atoms with Crippen molar-refractivity contribution in [1.82, 2.24) is 15.6 Å². The van der Waals surface area contributed by atoms with E-state index < -0.39 is 6.10 Å². The van der Waals surface area contributed by atoms with E-state index in [9.17, 15) is 5.11 Å². The first kappa shape index (κ1) is 21.3. The van der Waals surface area contributed by atoms with Gasteiger partial charge in [0.15, 0.2) is 5.96 Å². The first-order chi connectivity index (χ1) is 13.0. The van der Waals surface area contributed by atoms with Crippen LogP contribution in [0.1, 0.15) is 31.1 Å². The van der Waals surface area contributed by atoms with Crippen LogP contribution in [-0.2, 0) is 6.54 Å². The number of hydrogen-bond donors (Lipinski definition) is 3. The van der Waals surface area contributed by atoms with Gasteiger partial charge in [0.25, 0.3) is 0 Å². The van der Waals surface area contributed by atoms with E-state index in [0.717, 1.165) is 5.56 Å². The van der Waals surface area contributed by atoms with Crippen molar-refractivity contribution in [2.75, 3.05) is 19.7 Å². The van der Waals surface area contributed by atoms with E-state index in [-0.39, 0.29) is 6.54 Å². The Bertz CT molecular complexity index is 751. The maximum absolute atomic E-state index is 10.4. The van der Waals surface area contributed by atoms with Gasteiger partial charge in [-0.15, -0.1) is 0 Å². The van der Waals surface area contributed by atoms with E-state index >= 15 is 0 Å². The second-order valence-corrected chi connectivity index (χ2v) is 6.60. The van der Waals surface area contributed by atoms with Crippen molar-refractivity contribution in [3.8, 4) is 5.88 Å². The zero-order chi connectivity index (χ0) is 19.6. The van der Waals surface area contributed by atoms with Gasteiger partial charge in [-0.05, 0) is 49.2 Å². The molecule has 2 rings (SSSR count). The number of guanidine groups is 1. The van der Waals surface area contributed by atoms with E-state index in [2.05, 4.69) is 20.6 Å². The molecule has 0 radical (unpaired) electrons. The van der Waals surface area contributed by atoms with Crippen LogP contribution in [0.15, 0.2) is 41.5 Å². The van der Waals surface area contributed by atoms with Gasteiger partial charge in [0.2, 0.25) is 5.88 Å². The lowest BCUT2D eigenvalue weighted by molar-refractivity contribution is 0.181. The van der Waals surface area contributed by atoms with Crippen molar-refractivity contribution < 1.29 is 9.84 Å². The molecule has 0 aliphatic heterocycles. The smallest absolute Gasteiger partial charge is 0.213 e. The number of aromatic nitrogens is 1. The zero-order valence-electron chi connectivity index (χ0n) is 15.4. The molecule has 0 bridgehead atoms. The van der Waals surface area contributed by atoms with Gasteiger partial charge < -0.3 is 20.5 Å². The molecule has 146 valence electrons. The third-order valence-electron chi connectivity index (χ3n) is 3.59. The highest BCUT2D eigenvalue weighted by atomic mass is 35.5. The molecule has 27 heavy (non-hydrogen) atoms. The number of nitrogens with one attached hydrogen (secondary N) is 2. The SMILES string of the molecule is CCNC(=NCc1ccnc(OCC)c1)NCC(O)c1cc(Cl)cc(Cl)c1. The monoisotopic (exact) mass is 410 g/mol. The van der Waals surface area contributed by atoms with Gasteiger partial charge in [0, 0.05) is 35.4 Å². The molecule has 0 spiro atoms. The lowest BCUT2D eigenvalue weighted by atomic mass is 10.1. The molecule has 0 fully saturated rings. The molecule has 8 heteroatoms. The molecule has 0 aliphatic carbocycles. The number of aliphatic hydroxyl groups excluding tert-OH is 1. The first-order valence-corrected chi connectivity index (χ1v) is 9.51. The highest BCUT2D eigenvalue weighted by Crippen LogP contribution is 2.23. The fourth-order valence-electron chi connectivity index (χ4n) is 2.37. The van der Waals surface area contributed by atoms with Crippen LogP contribution in [0.3, 0.4) is 0 Å². The van der Waals surface area contributed by atoms with Crippen molar-refractivity contribution in [2.45, 2.75) is 26.5 Å². The maximum atomic E-state index is 10.4. The predicted octanol–water partition coefficient (Wildman–Crippen LogP) is 3.58. The molecule has 0 saturated heterocycles.